The maximum atomic E-state index is 15.0. The normalized spacial score (nSPS) is 12.4. The van der Waals surface area contributed by atoms with Crippen molar-refractivity contribution in [3.8, 4) is 17.7 Å². The molecule has 0 radical (unpaired) electrons. The van der Waals surface area contributed by atoms with Crippen LogP contribution >= 0.6 is 0 Å². The Labute approximate surface area is 198 Å². The first-order valence-electron chi connectivity index (χ1n) is 10.0. The highest BCUT2D eigenvalue weighted by Crippen LogP contribution is 2.28. The van der Waals surface area contributed by atoms with Crippen LogP contribution in [-0.4, -0.2) is 59.7 Å². The van der Waals surface area contributed by atoms with Gasteiger partial charge in [0.25, 0.3) is 5.91 Å². The Balaban J connectivity index is 2.14. The summed E-state index contributed by atoms with van der Waals surface area (Å²) in [5.41, 5.74) is -1.84. The molecule has 0 fully saturated rings. The van der Waals surface area contributed by atoms with Crippen LogP contribution in [0.25, 0.3) is 5.82 Å². The quantitative estimate of drug-likeness (QED) is 0.424. The van der Waals surface area contributed by atoms with Crippen LogP contribution in [0, 0.1) is 11.6 Å². The predicted octanol–water partition coefficient (Wildman–Crippen LogP) is 1.60. The van der Waals surface area contributed by atoms with Gasteiger partial charge in [0.05, 0.1) is 13.3 Å². The van der Waals surface area contributed by atoms with E-state index in [-0.39, 0.29) is 18.4 Å². The molecule has 17 heteroatoms. The average Bonchev–Trinajstić information content (AvgIpc) is 3.15. The number of alkyl halides is 3. The van der Waals surface area contributed by atoms with Gasteiger partial charge in [0, 0.05) is 6.54 Å². The Morgan fingerprint density at radius 2 is 1.94 bits per heavy atom. The second kappa shape index (κ2) is 10.2. The van der Waals surface area contributed by atoms with Crippen molar-refractivity contribution in [1.29, 1.82) is 0 Å². The Morgan fingerprint density at radius 1 is 1.25 bits per heavy atom. The fraction of sp³-hybridized carbons (Fsp3) is 0.368. The Hall–Kier alpha value is -4.15. The van der Waals surface area contributed by atoms with Crippen LogP contribution in [-0.2, 0) is 13.2 Å². The van der Waals surface area contributed by atoms with Gasteiger partial charge in [-0.25, -0.2) is 18.6 Å². The SMILES string of the molecule is CCn1c(CO)nn(-c2nc(O[C@@H](C)C(F)(F)F)c(C(=O)Nc3nc(OC)ncc3F)cc2F)c1=O. The number of pyridine rings is 1. The maximum Gasteiger partial charge on any atom is 0.425 e. The van der Waals surface area contributed by atoms with E-state index in [9.17, 15) is 32.3 Å². The molecule has 36 heavy (non-hydrogen) atoms. The summed E-state index contributed by atoms with van der Waals surface area (Å²) in [6.45, 7) is 1.45. The van der Waals surface area contributed by atoms with E-state index in [4.69, 9.17) is 9.47 Å². The lowest BCUT2D eigenvalue weighted by molar-refractivity contribution is -0.190. The van der Waals surface area contributed by atoms with E-state index >= 15 is 4.39 Å². The first-order chi connectivity index (χ1) is 16.9. The number of aromatic nitrogens is 6. The molecule has 0 aliphatic heterocycles. The highest BCUT2D eigenvalue weighted by atomic mass is 19.4. The summed E-state index contributed by atoms with van der Waals surface area (Å²) in [4.78, 5) is 36.0. The number of carbonyl (C=O) groups excluding carboxylic acids is 1. The third-order valence-corrected chi connectivity index (χ3v) is 4.65. The van der Waals surface area contributed by atoms with Gasteiger partial charge in [-0.05, 0) is 19.9 Å². The Bertz CT molecular complexity index is 1340. The maximum absolute atomic E-state index is 15.0. The van der Waals surface area contributed by atoms with E-state index in [1.807, 2.05) is 5.32 Å². The highest BCUT2D eigenvalue weighted by molar-refractivity contribution is 6.05. The summed E-state index contributed by atoms with van der Waals surface area (Å²) in [5.74, 6) is -6.69. The van der Waals surface area contributed by atoms with Crippen LogP contribution in [0.2, 0.25) is 0 Å². The number of rotatable bonds is 8. The zero-order valence-corrected chi connectivity index (χ0v) is 18.8. The minimum atomic E-state index is -4.92. The number of aliphatic hydroxyl groups excluding tert-OH is 1. The number of hydrogen-bond acceptors (Lipinski definition) is 9. The van der Waals surface area contributed by atoms with Crippen LogP contribution in [0.4, 0.5) is 27.8 Å². The highest BCUT2D eigenvalue weighted by Gasteiger charge is 2.39. The molecule has 0 aliphatic rings. The molecular weight excluding hydrogens is 501 g/mol. The van der Waals surface area contributed by atoms with Crippen LogP contribution < -0.4 is 20.5 Å². The third kappa shape index (κ3) is 5.24. The van der Waals surface area contributed by atoms with Gasteiger partial charge in [-0.15, -0.1) is 5.10 Å². The monoisotopic (exact) mass is 519 g/mol. The number of aliphatic hydroxyl groups is 1. The van der Waals surface area contributed by atoms with Gasteiger partial charge in [0.2, 0.25) is 5.88 Å². The van der Waals surface area contributed by atoms with Crippen LogP contribution in [0.3, 0.4) is 0 Å². The molecule has 3 aromatic rings. The van der Waals surface area contributed by atoms with Gasteiger partial charge in [0.15, 0.2) is 35.2 Å². The molecule has 3 rings (SSSR count). The molecule has 0 saturated carbocycles. The average molecular weight is 519 g/mol. The molecule has 194 valence electrons. The first-order valence-corrected chi connectivity index (χ1v) is 10.0. The van der Waals surface area contributed by atoms with E-state index in [1.54, 1.807) is 0 Å². The number of amides is 1. The molecule has 2 N–H and O–H groups in total. The standard InChI is InChI=1S/C19H18F5N7O5/c1-4-30-12(7-32)29-31(18(30)34)14-10(20)5-9(16(28-14)36-8(2)19(22,23)24)15(33)26-13-11(21)6-25-17(27-13)35-3/h5-6,8,32H,4,7H2,1-3H3,(H,25,26,27,33)/t8-/m0/s1. The van der Waals surface area contributed by atoms with E-state index in [1.165, 1.54) is 6.92 Å². The molecule has 3 heterocycles. The number of halogens is 5. The second-order valence-corrected chi connectivity index (χ2v) is 6.97. The summed E-state index contributed by atoms with van der Waals surface area (Å²) in [5, 5.41) is 15.1. The fourth-order valence-electron chi connectivity index (χ4n) is 2.82. The van der Waals surface area contributed by atoms with Crippen molar-refractivity contribution >= 4 is 11.7 Å². The van der Waals surface area contributed by atoms with Crippen LogP contribution in [0.1, 0.15) is 30.0 Å². The van der Waals surface area contributed by atoms with Crippen molar-refractivity contribution in [2.75, 3.05) is 12.4 Å². The van der Waals surface area contributed by atoms with E-state index in [0.29, 0.717) is 23.9 Å². The number of hydrogen-bond donors (Lipinski definition) is 2. The lowest BCUT2D eigenvalue weighted by Gasteiger charge is -2.19. The molecule has 0 spiro atoms. The summed E-state index contributed by atoms with van der Waals surface area (Å²) < 4.78 is 79.4. The molecule has 12 nitrogen and oxygen atoms in total. The van der Waals surface area contributed by atoms with Crippen molar-refractivity contribution in [2.24, 2.45) is 0 Å². The molecule has 0 aliphatic carbocycles. The number of anilines is 1. The van der Waals surface area contributed by atoms with Gasteiger partial charge in [0.1, 0.15) is 12.2 Å². The van der Waals surface area contributed by atoms with Crippen LogP contribution in [0.15, 0.2) is 17.1 Å². The summed E-state index contributed by atoms with van der Waals surface area (Å²) in [7, 11) is 1.16. The topological polar surface area (TPSA) is 146 Å². The Morgan fingerprint density at radius 3 is 2.50 bits per heavy atom. The van der Waals surface area contributed by atoms with Crippen molar-refractivity contribution in [3.63, 3.8) is 0 Å². The number of ether oxygens (including phenoxy) is 2. The minimum Gasteiger partial charge on any atom is -0.467 e. The van der Waals surface area contributed by atoms with Crippen molar-refractivity contribution < 1.29 is 41.3 Å². The zero-order chi connectivity index (χ0) is 26.8. The van der Waals surface area contributed by atoms with Gasteiger partial charge in [-0.2, -0.15) is 27.8 Å². The van der Waals surface area contributed by atoms with Gasteiger partial charge < -0.3 is 19.9 Å². The van der Waals surface area contributed by atoms with Crippen molar-refractivity contribution in [1.82, 2.24) is 29.3 Å². The number of nitrogens with zero attached hydrogens (tertiary/aromatic N) is 6. The minimum absolute atomic E-state index is 0.0270. The summed E-state index contributed by atoms with van der Waals surface area (Å²) >= 11 is 0. The van der Waals surface area contributed by atoms with E-state index in [0.717, 1.165) is 11.7 Å². The summed E-state index contributed by atoms with van der Waals surface area (Å²) in [6.07, 6.45) is -6.79. The molecule has 1 amide bonds. The zero-order valence-electron chi connectivity index (χ0n) is 18.8. The number of methoxy groups -OCH3 is 1. The molecule has 0 bridgehead atoms. The lowest BCUT2D eigenvalue weighted by Crippen LogP contribution is -2.33. The first kappa shape index (κ1) is 26.5. The van der Waals surface area contributed by atoms with E-state index in [2.05, 4.69) is 20.1 Å². The van der Waals surface area contributed by atoms with Gasteiger partial charge >= 0.3 is 17.9 Å². The van der Waals surface area contributed by atoms with Crippen LogP contribution in [0.5, 0.6) is 11.9 Å². The second-order valence-electron chi connectivity index (χ2n) is 6.97. The van der Waals surface area contributed by atoms with Gasteiger partial charge in [-0.3, -0.25) is 9.36 Å². The molecule has 3 aromatic heterocycles. The number of carbonyl (C=O) groups is 1. The fourth-order valence-corrected chi connectivity index (χ4v) is 2.82. The van der Waals surface area contributed by atoms with Gasteiger partial charge in [-0.1, -0.05) is 0 Å². The predicted molar refractivity (Wildman–Crippen MR) is 110 cm³/mol. The largest absolute Gasteiger partial charge is 0.467 e. The molecule has 0 unspecified atom stereocenters. The molecule has 1 atom stereocenters. The molecule has 0 saturated heterocycles. The third-order valence-electron chi connectivity index (χ3n) is 4.65. The number of nitrogens with one attached hydrogen (secondary N) is 1. The van der Waals surface area contributed by atoms with E-state index < -0.39 is 65.2 Å². The molecular formula is C19H18F5N7O5. The smallest absolute Gasteiger partial charge is 0.425 e. The summed E-state index contributed by atoms with van der Waals surface area (Å²) in [6, 6.07) is 0.0849. The Kier molecular flexibility index (Phi) is 7.51. The van der Waals surface area contributed by atoms with Crippen molar-refractivity contribution in [2.45, 2.75) is 39.3 Å². The lowest BCUT2D eigenvalue weighted by atomic mass is 10.2. The molecule has 0 aromatic carbocycles. The van der Waals surface area contributed by atoms with Crippen molar-refractivity contribution in [3.05, 3.63) is 45.8 Å².